The second-order valence-corrected chi connectivity index (χ2v) is 6.71. The van der Waals surface area contributed by atoms with Gasteiger partial charge in [0, 0.05) is 29.4 Å². The van der Waals surface area contributed by atoms with Gasteiger partial charge in [-0.15, -0.1) is 0 Å². The molecule has 1 fully saturated rings. The van der Waals surface area contributed by atoms with E-state index >= 15 is 0 Å². The van der Waals surface area contributed by atoms with Gasteiger partial charge in [0.2, 0.25) is 5.91 Å². The third-order valence-electron chi connectivity index (χ3n) is 4.24. The topological polar surface area (TPSA) is 61.4 Å². The summed E-state index contributed by atoms with van der Waals surface area (Å²) < 4.78 is 0. The summed E-state index contributed by atoms with van der Waals surface area (Å²) in [5.41, 5.74) is 3.56. The number of carbonyl (C=O) groups is 2. The Morgan fingerprint density at radius 3 is 2.56 bits per heavy atom. The molecule has 1 atom stereocenters. The van der Waals surface area contributed by atoms with E-state index in [1.54, 1.807) is 17.0 Å². The van der Waals surface area contributed by atoms with Gasteiger partial charge < -0.3 is 15.5 Å². The molecule has 1 heterocycles. The van der Waals surface area contributed by atoms with Crippen LogP contribution in [0.2, 0.25) is 5.02 Å². The molecule has 3 amide bonds. The van der Waals surface area contributed by atoms with Gasteiger partial charge in [0.25, 0.3) is 0 Å². The monoisotopic (exact) mass is 357 g/mol. The maximum atomic E-state index is 12.2. The highest BCUT2D eigenvalue weighted by atomic mass is 35.5. The van der Waals surface area contributed by atoms with Crippen LogP contribution in [0, 0.1) is 13.8 Å². The fraction of sp³-hybridized carbons (Fsp3) is 0.263. The number of nitrogens with one attached hydrogen (secondary N) is 2. The minimum atomic E-state index is -0.344. The SMILES string of the molecule is Cc1ccc(N2CC(NC(=O)Nc3ccc(C)c(Cl)c3)CC2=O)cc1. The Hall–Kier alpha value is -2.53. The molecule has 2 aromatic carbocycles. The van der Waals surface area contributed by atoms with Gasteiger partial charge in [-0.2, -0.15) is 0 Å². The second-order valence-electron chi connectivity index (χ2n) is 6.30. The normalized spacial score (nSPS) is 16.8. The van der Waals surface area contributed by atoms with E-state index in [9.17, 15) is 9.59 Å². The maximum absolute atomic E-state index is 12.2. The van der Waals surface area contributed by atoms with Crippen LogP contribution in [0.1, 0.15) is 17.5 Å². The molecule has 1 aliphatic heterocycles. The van der Waals surface area contributed by atoms with E-state index in [4.69, 9.17) is 11.6 Å². The third-order valence-corrected chi connectivity index (χ3v) is 4.64. The number of halogens is 1. The minimum absolute atomic E-state index is 0.00698. The fourth-order valence-electron chi connectivity index (χ4n) is 2.80. The van der Waals surface area contributed by atoms with E-state index in [-0.39, 0.29) is 24.4 Å². The molecule has 2 aromatic rings. The average molecular weight is 358 g/mol. The Labute approximate surface area is 152 Å². The van der Waals surface area contributed by atoms with Gasteiger partial charge in [-0.05, 0) is 43.7 Å². The third kappa shape index (κ3) is 4.12. The molecule has 3 rings (SSSR count). The molecule has 130 valence electrons. The van der Waals surface area contributed by atoms with Crippen LogP contribution in [-0.4, -0.2) is 24.5 Å². The van der Waals surface area contributed by atoms with Crippen molar-refractivity contribution in [3.8, 4) is 0 Å². The molecule has 0 spiro atoms. The number of hydrogen-bond acceptors (Lipinski definition) is 2. The molecular weight excluding hydrogens is 338 g/mol. The van der Waals surface area contributed by atoms with Gasteiger partial charge in [0.05, 0.1) is 6.04 Å². The van der Waals surface area contributed by atoms with Gasteiger partial charge in [0.1, 0.15) is 0 Å². The van der Waals surface area contributed by atoms with Crippen molar-refractivity contribution in [2.75, 3.05) is 16.8 Å². The van der Waals surface area contributed by atoms with Crippen LogP contribution in [0.5, 0.6) is 0 Å². The van der Waals surface area contributed by atoms with Crippen LogP contribution in [-0.2, 0) is 4.79 Å². The van der Waals surface area contributed by atoms with Crippen LogP contribution in [0.15, 0.2) is 42.5 Å². The number of urea groups is 1. The number of hydrogen-bond donors (Lipinski definition) is 2. The molecule has 5 nitrogen and oxygen atoms in total. The number of benzene rings is 2. The first kappa shape index (κ1) is 17.3. The zero-order chi connectivity index (χ0) is 18.0. The highest BCUT2D eigenvalue weighted by molar-refractivity contribution is 6.31. The fourth-order valence-corrected chi connectivity index (χ4v) is 2.98. The Morgan fingerprint density at radius 1 is 1.16 bits per heavy atom. The highest BCUT2D eigenvalue weighted by Gasteiger charge is 2.31. The van der Waals surface area contributed by atoms with Crippen molar-refractivity contribution in [2.24, 2.45) is 0 Å². The van der Waals surface area contributed by atoms with Crippen LogP contribution in [0.25, 0.3) is 0 Å². The first-order valence-corrected chi connectivity index (χ1v) is 8.51. The van der Waals surface area contributed by atoms with Crippen molar-refractivity contribution in [2.45, 2.75) is 26.3 Å². The summed E-state index contributed by atoms with van der Waals surface area (Å²) in [6.07, 6.45) is 0.288. The standard InChI is InChI=1S/C19H20ClN3O2/c1-12-3-7-16(8-4-12)23-11-15(10-18(23)24)22-19(25)21-14-6-5-13(2)17(20)9-14/h3-9,15H,10-11H2,1-2H3,(H2,21,22,25). The summed E-state index contributed by atoms with van der Waals surface area (Å²) in [4.78, 5) is 26.1. The quantitative estimate of drug-likeness (QED) is 0.875. The van der Waals surface area contributed by atoms with Crippen molar-refractivity contribution >= 4 is 34.9 Å². The second kappa shape index (κ2) is 7.15. The van der Waals surface area contributed by atoms with E-state index in [0.29, 0.717) is 17.3 Å². The molecule has 1 unspecified atom stereocenters. The summed E-state index contributed by atoms with van der Waals surface area (Å²) >= 11 is 6.06. The number of aryl methyl sites for hydroxylation is 2. The predicted molar refractivity (Wildman–Crippen MR) is 100 cm³/mol. The summed E-state index contributed by atoms with van der Waals surface area (Å²) in [6, 6.07) is 12.5. The van der Waals surface area contributed by atoms with Crippen molar-refractivity contribution in [3.05, 3.63) is 58.6 Å². The van der Waals surface area contributed by atoms with Crippen LogP contribution >= 0.6 is 11.6 Å². The first-order valence-electron chi connectivity index (χ1n) is 8.13. The Balaban J connectivity index is 1.60. The average Bonchev–Trinajstić information content (AvgIpc) is 2.92. The van der Waals surface area contributed by atoms with Gasteiger partial charge in [-0.3, -0.25) is 4.79 Å². The van der Waals surface area contributed by atoms with Gasteiger partial charge >= 0.3 is 6.03 Å². The first-order chi connectivity index (χ1) is 11.9. The predicted octanol–water partition coefficient (Wildman–Crippen LogP) is 3.88. The van der Waals surface area contributed by atoms with Crippen molar-refractivity contribution in [1.29, 1.82) is 0 Å². The van der Waals surface area contributed by atoms with Crippen LogP contribution < -0.4 is 15.5 Å². The number of nitrogens with zero attached hydrogens (tertiary/aromatic N) is 1. The van der Waals surface area contributed by atoms with Crippen molar-refractivity contribution < 1.29 is 9.59 Å². The van der Waals surface area contributed by atoms with E-state index < -0.39 is 0 Å². The molecule has 25 heavy (non-hydrogen) atoms. The Bertz CT molecular complexity index is 805. The Kier molecular flexibility index (Phi) is 4.95. The number of anilines is 2. The molecule has 0 aromatic heterocycles. The Morgan fingerprint density at radius 2 is 1.88 bits per heavy atom. The van der Waals surface area contributed by atoms with E-state index in [2.05, 4.69) is 10.6 Å². The summed E-state index contributed by atoms with van der Waals surface area (Å²) in [5, 5.41) is 6.19. The zero-order valence-corrected chi connectivity index (χ0v) is 14.9. The van der Waals surface area contributed by atoms with Crippen molar-refractivity contribution in [1.82, 2.24) is 5.32 Å². The van der Waals surface area contributed by atoms with Crippen molar-refractivity contribution in [3.63, 3.8) is 0 Å². The van der Waals surface area contributed by atoms with Crippen LogP contribution in [0.3, 0.4) is 0 Å². The molecule has 6 heteroatoms. The van der Waals surface area contributed by atoms with Gasteiger partial charge in [0.15, 0.2) is 0 Å². The maximum Gasteiger partial charge on any atom is 0.319 e. The number of amides is 3. The summed E-state index contributed by atoms with van der Waals surface area (Å²) in [7, 11) is 0. The van der Waals surface area contributed by atoms with Gasteiger partial charge in [-0.25, -0.2) is 4.79 Å². The lowest BCUT2D eigenvalue weighted by Gasteiger charge is -2.17. The zero-order valence-electron chi connectivity index (χ0n) is 14.2. The number of rotatable bonds is 3. The number of carbonyl (C=O) groups excluding carboxylic acids is 2. The minimum Gasteiger partial charge on any atom is -0.333 e. The highest BCUT2D eigenvalue weighted by Crippen LogP contribution is 2.23. The molecule has 0 saturated carbocycles. The molecule has 0 bridgehead atoms. The lowest BCUT2D eigenvalue weighted by Crippen LogP contribution is -2.39. The van der Waals surface area contributed by atoms with Crippen LogP contribution in [0.4, 0.5) is 16.2 Å². The van der Waals surface area contributed by atoms with E-state index in [1.807, 2.05) is 44.2 Å². The molecular formula is C19H20ClN3O2. The molecule has 1 saturated heterocycles. The summed E-state index contributed by atoms with van der Waals surface area (Å²) in [5.74, 6) is 0.00698. The lowest BCUT2D eigenvalue weighted by molar-refractivity contribution is -0.117. The molecule has 0 radical (unpaired) electrons. The van der Waals surface area contributed by atoms with E-state index in [0.717, 1.165) is 16.8 Å². The summed E-state index contributed by atoms with van der Waals surface area (Å²) in [6.45, 7) is 4.36. The van der Waals surface area contributed by atoms with Gasteiger partial charge in [-0.1, -0.05) is 35.4 Å². The molecule has 1 aliphatic rings. The smallest absolute Gasteiger partial charge is 0.319 e. The largest absolute Gasteiger partial charge is 0.333 e. The molecule has 2 N–H and O–H groups in total. The van der Waals surface area contributed by atoms with E-state index in [1.165, 1.54) is 0 Å². The lowest BCUT2D eigenvalue weighted by atomic mass is 10.2. The molecule has 0 aliphatic carbocycles.